The first-order chi connectivity index (χ1) is 12.6. The second-order valence-electron chi connectivity index (χ2n) is 7.73. The maximum atomic E-state index is 4.16. The van der Waals surface area contributed by atoms with E-state index < -0.39 is 0 Å². The Hall–Kier alpha value is -2.46. The van der Waals surface area contributed by atoms with Crippen LogP contribution in [0.25, 0.3) is 11.3 Å². The van der Waals surface area contributed by atoms with Gasteiger partial charge in [-0.3, -0.25) is 10.00 Å². The molecule has 1 aromatic heterocycles. The van der Waals surface area contributed by atoms with Gasteiger partial charge in [-0.05, 0) is 41.5 Å². The fraction of sp³-hybridized carbons (Fsp3) is 0.364. The Bertz CT molecular complexity index is 844. The van der Waals surface area contributed by atoms with Crippen molar-refractivity contribution in [3.63, 3.8) is 0 Å². The number of hydrogen-bond acceptors (Lipinski definition) is 3. The van der Waals surface area contributed by atoms with E-state index in [0.29, 0.717) is 5.92 Å². The average molecular weight is 346 g/mol. The van der Waals surface area contributed by atoms with Crippen molar-refractivity contribution in [2.24, 2.45) is 5.92 Å². The van der Waals surface area contributed by atoms with Crippen molar-refractivity contribution in [2.75, 3.05) is 13.1 Å². The van der Waals surface area contributed by atoms with Gasteiger partial charge in [0.15, 0.2) is 0 Å². The van der Waals surface area contributed by atoms with Gasteiger partial charge in [0.05, 0.1) is 0 Å². The molecule has 0 bridgehead atoms. The van der Waals surface area contributed by atoms with E-state index in [2.05, 4.69) is 88.8 Å². The molecule has 134 valence electrons. The molecule has 2 heterocycles. The second kappa shape index (κ2) is 7.04. The minimum Gasteiger partial charge on any atom is -0.299 e. The lowest BCUT2D eigenvalue weighted by atomic mass is 9.67. The number of nitrogens with one attached hydrogen (secondary N) is 1. The fourth-order valence-corrected chi connectivity index (χ4v) is 4.11. The molecule has 2 unspecified atom stereocenters. The summed E-state index contributed by atoms with van der Waals surface area (Å²) in [5, 5.41) is 10.8. The summed E-state index contributed by atoms with van der Waals surface area (Å²) < 4.78 is 0. The van der Waals surface area contributed by atoms with Crippen molar-refractivity contribution in [1.29, 1.82) is 0 Å². The molecule has 2 aromatic carbocycles. The first-order valence-corrected chi connectivity index (χ1v) is 9.39. The number of benzene rings is 2. The molecular weight excluding hydrogens is 320 g/mol. The number of hydrogen-bond donors (Lipinski definition) is 1. The number of rotatable bonds is 4. The molecule has 0 radical (unpaired) electrons. The van der Waals surface area contributed by atoms with Crippen molar-refractivity contribution in [1.82, 2.24) is 20.3 Å². The molecule has 0 saturated carbocycles. The van der Waals surface area contributed by atoms with E-state index in [-0.39, 0.29) is 5.41 Å². The van der Waals surface area contributed by atoms with Crippen molar-refractivity contribution < 1.29 is 0 Å². The van der Waals surface area contributed by atoms with Gasteiger partial charge in [0.1, 0.15) is 5.69 Å². The molecule has 4 nitrogen and oxygen atoms in total. The quantitative estimate of drug-likeness (QED) is 0.767. The summed E-state index contributed by atoms with van der Waals surface area (Å²) in [5.41, 5.74) is 5.04. The Morgan fingerprint density at radius 1 is 1.15 bits per heavy atom. The van der Waals surface area contributed by atoms with E-state index in [1.165, 1.54) is 17.5 Å². The number of H-pyrrole nitrogens is 1. The van der Waals surface area contributed by atoms with Crippen molar-refractivity contribution in [3.8, 4) is 11.3 Å². The molecule has 0 spiro atoms. The second-order valence-corrected chi connectivity index (χ2v) is 7.73. The predicted octanol–water partition coefficient (Wildman–Crippen LogP) is 4.27. The topological polar surface area (TPSA) is 44.8 Å². The summed E-state index contributed by atoms with van der Waals surface area (Å²) in [4.78, 5) is 2.59. The maximum Gasteiger partial charge on any atom is 0.112 e. The van der Waals surface area contributed by atoms with E-state index in [1.54, 1.807) is 0 Å². The Morgan fingerprint density at radius 3 is 2.73 bits per heavy atom. The van der Waals surface area contributed by atoms with Gasteiger partial charge in [-0.2, -0.15) is 0 Å². The standard InChI is InChI=1S/C22H26N4/c1-17-15-26(16-18-7-4-3-5-8-18)12-11-22(17,2)20-10-6-9-19(13-20)21-14-23-25-24-21/h3-10,13-14,17H,11-12,15-16H2,1-2H3,(H,23,24,25). The minimum atomic E-state index is 0.187. The average Bonchev–Trinajstić information content (AvgIpc) is 3.21. The number of aromatic nitrogens is 3. The largest absolute Gasteiger partial charge is 0.299 e. The highest BCUT2D eigenvalue weighted by molar-refractivity contribution is 5.59. The van der Waals surface area contributed by atoms with Gasteiger partial charge >= 0.3 is 0 Å². The van der Waals surface area contributed by atoms with Crippen molar-refractivity contribution in [2.45, 2.75) is 32.2 Å². The lowest BCUT2D eigenvalue weighted by Gasteiger charge is -2.45. The van der Waals surface area contributed by atoms with Crippen LogP contribution >= 0.6 is 0 Å². The molecule has 0 amide bonds. The van der Waals surface area contributed by atoms with Gasteiger partial charge in [-0.1, -0.05) is 67.6 Å². The third-order valence-corrected chi connectivity index (χ3v) is 6.05. The molecule has 1 fully saturated rings. The van der Waals surface area contributed by atoms with Gasteiger partial charge in [0.25, 0.3) is 0 Å². The van der Waals surface area contributed by atoms with Crippen LogP contribution in [0.1, 0.15) is 31.4 Å². The number of piperidine rings is 1. The highest BCUT2D eigenvalue weighted by Crippen LogP contribution is 2.40. The van der Waals surface area contributed by atoms with E-state index >= 15 is 0 Å². The molecule has 1 aliphatic heterocycles. The highest BCUT2D eigenvalue weighted by atomic mass is 15.3. The summed E-state index contributed by atoms with van der Waals surface area (Å²) in [6.45, 7) is 8.10. The van der Waals surface area contributed by atoms with Crippen LogP contribution < -0.4 is 0 Å². The first-order valence-electron chi connectivity index (χ1n) is 9.39. The molecule has 26 heavy (non-hydrogen) atoms. The molecule has 4 rings (SSSR count). The molecule has 0 aliphatic carbocycles. The molecule has 1 aliphatic rings. The van der Waals surface area contributed by atoms with Gasteiger partial charge in [-0.25, -0.2) is 0 Å². The Kier molecular flexibility index (Phi) is 4.60. The zero-order valence-electron chi connectivity index (χ0n) is 15.5. The Morgan fingerprint density at radius 2 is 2.00 bits per heavy atom. The van der Waals surface area contributed by atoms with Gasteiger partial charge in [0, 0.05) is 24.8 Å². The fourth-order valence-electron chi connectivity index (χ4n) is 4.11. The minimum absolute atomic E-state index is 0.187. The number of likely N-dealkylation sites (tertiary alicyclic amines) is 1. The molecule has 3 aromatic rings. The van der Waals surface area contributed by atoms with Crippen LogP contribution in [0.5, 0.6) is 0 Å². The predicted molar refractivity (Wildman–Crippen MR) is 105 cm³/mol. The maximum absolute atomic E-state index is 4.16. The number of nitrogens with zero attached hydrogens (tertiary/aromatic N) is 3. The van der Waals surface area contributed by atoms with Crippen molar-refractivity contribution in [3.05, 3.63) is 71.9 Å². The summed E-state index contributed by atoms with van der Waals surface area (Å²) >= 11 is 0. The third kappa shape index (κ3) is 3.29. The molecule has 1 N–H and O–H groups in total. The first kappa shape index (κ1) is 17.0. The summed E-state index contributed by atoms with van der Waals surface area (Å²) in [6.07, 6.45) is 3.02. The van der Waals surface area contributed by atoms with E-state index in [4.69, 9.17) is 0 Å². The Labute approximate surface area is 155 Å². The third-order valence-electron chi connectivity index (χ3n) is 6.05. The molecule has 4 heteroatoms. The van der Waals surface area contributed by atoms with E-state index in [9.17, 15) is 0 Å². The zero-order chi connectivity index (χ0) is 18.0. The van der Waals surface area contributed by atoms with Gasteiger partial charge in [0.2, 0.25) is 0 Å². The van der Waals surface area contributed by atoms with E-state index in [0.717, 1.165) is 30.9 Å². The number of aromatic amines is 1. The van der Waals surface area contributed by atoms with Crippen LogP contribution in [0.15, 0.2) is 60.8 Å². The lowest BCUT2D eigenvalue weighted by Crippen LogP contribution is -2.46. The lowest BCUT2D eigenvalue weighted by molar-refractivity contribution is 0.105. The van der Waals surface area contributed by atoms with Crippen LogP contribution in [-0.4, -0.2) is 33.4 Å². The van der Waals surface area contributed by atoms with Gasteiger partial charge < -0.3 is 0 Å². The molecule has 1 saturated heterocycles. The van der Waals surface area contributed by atoms with Crippen LogP contribution in [0.4, 0.5) is 0 Å². The van der Waals surface area contributed by atoms with Crippen molar-refractivity contribution >= 4 is 0 Å². The smallest absolute Gasteiger partial charge is 0.112 e. The summed E-state index contributed by atoms with van der Waals surface area (Å²) in [5.74, 6) is 0.590. The van der Waals surface area contributed by atoms with E-state index in [1.807, 2.05) is 6.20 Å². The van der Waals surface area contributed by atoms with Crippen LogP contribution in [-0.2, 0) is 12.0 Å². The summed E-state index contributed by atoms with van der Waals surface area (Å²) in [6, 6.07) is 19.6. The Balaban J connectivity index is 1.52. The zero-order valence-corrected chi connectivity index (χ0v) is 15.5. The normalized spacial score (nSPS) is 23.8. The SMILES string of the molecule is CC1CN(Cc2ccccc2)CCC1(C)c1cccc(-c2c[nH]nn2)c1. The summed E-state index contributed by atoms with van der Waals surface area (Å²) in [7, 11) is 0. The monoisotopic (exact) mass is 346 g/mol. The van der Waals surface area contributed by atoms with Crippen LogP contribution in [0, 0.1) is 5.92 Å². The highest BCUT2D eigenvalue weighted by Gasteiger charge is 2.38. The van der Waals surface area contributed by atoms with Crippen LogP contribution in [0.2, 0.25) is 0 Å². The molecule has 2 atom stereocenters. The van der Waals surface area contributed by atoms with Crippen LogP contribution in [0.3, 0.4) is 0 Å². The molecular formula is C22H26N4. The van der Waals surface area contributed by atoms with Gasteiger partial charge in [-0.15, -0.1) is 5.10 Å².